The van der Waals surface area contributed by atoms with Crippen LogP contribution in [0.15, 0.2) is 15.7 Å². The minimum Gasteiger partial charge on any atom is -0.481 e. The molecule has 8 heteroatoms. The summed E-state index contributed by atoms with van der Waals surface area (Å²) in [5.41, 5.74) is -0.949. The van der Waals surface area contributed by atoms with Crippen molar-refractivity contribution in [2.45, 2.75) is 19.3 Å². The Labute approximate surface area is 113 Å². The van der Waals surface area contributed by atoms with E-state index in [9.17, 15) is 19.2 Å². The zero-order valence-corrected chi connectivity index (χ0v) is 10.7. The third-order valence-electron chi connectivity index (χ3n) is 3.35. The molecule has 1 aromatic rings. The van der Waals surface area contributed by atoms with E-state index in [1.54, 1.807) is 4.90 Å². The van der Waals surface area contributed by atoms with Gasteiger partial charge in [-0.25, -0.2) is 4.79 Å². The number of piperidine rings is 1. The SMILES string of the molecule is O=C(O)C1CCN(C(=O)Cc2cc(=O)[nH]c(=O)[nH]2)CC1. The highest BCUT2D eigenvalue weighted by Gasteiger charge is 2.26. The summed E-state index contributed by atoms with van der Waals surface area (Å²) in [5.74, 6) is -1.47. The minimum atomic E-state index is -0.837. The molecule has 0 aliphatic carbocycles. The van der Waals surface area contributed by atoms with Crippen LogP contribution >= 0.6 is 0 Å². The van der Waals surface area contributed by atoms with Gasteiger partial charge in [0.1, 0.15) is 0 Å². The first kappa shape index (κ1) is 14.0. The van der Waals surface area contributed by atoms with Crippen LogP contribution in [0.25, 0.3) is 0 Å². The number of rotatable bonds is 3. The standard InChI is InChI=1S/C12H15N3O5/c16-9-5-8(13-12(20)14-9)6-10(17)15-3-1-7(2-4-15)11(18)19/h5,7H,1-4,6H2,(H,18,19)(H2,13,14,16,20). The van der Waals surface area contributed by atoms with Gasteiger partial charge in [0.2, 0.25) is 5.91 Å². The number of H-pyrrole nitrogens is 2. The molecule has 1 aliphatic heterocycles. The summed E-state index contributed by atoms with van der Waals surface area (Å²) in [5, 5.41) is 8.88. The van der Waals surface area contributed by atoms with Gasteiger partial charge in [-0.3, -0.25) is 19.4 Å². The monoisotopic (exact) mass is 281 g/mol. The minimum absolute atomic E-state index is 0.0725. The van der Waals surface area contributed by atoms with E-state index in [4.69, 9.17) is 5.11 Å². The molecule has 1 aliphatic rings. The lowest BCUT2D eigenvalue weighted by Gasteiger charge is -2.30. The molecule has 2 rings (SSSR count). The summed E-state index contributed by atoms with van der Waals surface area (Å²) in [4.78, 5) is 51.0. The number of hydrogen-bond acceptors (Lipinski definition) is 4. The predicted octanol–water partition coefficient (Wildman–Crippen LogP) is -1.07. The fourth-order valence-electron chi connectivity index (χ4n) is 2.27. The molecule has 0 aromatic carbocycles. The molecule has 1 fully saturated rings. The van der Waals surface area contributed by atoms with Crippen molar-refractivity contribution in [3.05, 3.63) is 32.6 Å². The van der Waals surface area contributed by atoms with E-state index in [1.165, 1.54) is 6.07 Å². The van der Waals surface area contributed by atoms with E-state index in [2.05, 4.69) is 4.98 Å². The third-order valence-corrected chi connectivity index (χ3v) is 3.35. The van der Waals surface area contributed by atoms with Crippen LogP contribution in [0.4, 0.5) is 0 Å². The summed E-state index contributed by atoms with van der Waals surface area (Å²) < 4.78 is 0. The van der Waals surface area contributed by atoms with Gasteiger partial charge in [0.25, 0.3) is 5.56 Å². The molecule has 0 atom stereocenters. The third kappa shape index (κ3) is 3.34. The summed E-state index contributed by atoms with van der Waals surface area (Å²) in [6.45, 7) is 0.756. The zero-order chi connectivity index (χ0) is 14.7. The van der Waals surface area contributed by atoms with Crippen molar-refractivity contribution in [3.8, 4) is 0 Å². The number of likely N-dealkylation sites (tertiary alicyclic amines) is 1. The van der Waals surface area contributed by atoms with E-state index >= 15 is 0 Å². The quantitative estimate of drug-likeness (QED) is 0.651. The van der Waals surface area contributed by atoms with Crippen molar-refractivity contribution in [2.24, 2.45) is 5.92 Å². The number of amides is 1. The summed E-state index contributed by atoms with van der Waals surface area (Å²) in [6, 6.07) is 1.17. The Balaban J connectivity index is 1.97. The first-order valence-electron chi connectivity index (χ1n) is 6.29. The van der Waals surface area contributed by atoms with Gasteiger partial charge in [0.15, 0.2) is 0 Å². The van der Waals surface area contributed by atoms with Crippen LogP contribution in [0.2, 0.25) is 0 Å². The van der Waals surface area contributed by atoms with E-state index in [-0.39, 0.29) is 18.0 Å². The number of hydrogen-bond donors (Lipinski definition) is 3. The van der Waals surface area contributed by atoms with Crippen LogP contribution in [0.1, 0.15) is 18.5 Å². The van der Waals surface area contributed by atoms with Gasteiger partial charge < -0.3 is 15.0 Å². The van der Waals surface area contributed by atoms with Gasteiger partial charge in [-0.1, -0.05) is 0 Å². The lowest BCUT2D eigenvalue weighted by molar-refractivity contribution is -0.145. The number of aromatic nitrogens is 2. The highest BCUT2D eigenvalue weighted by Crippen LogP contribution is 2.17. The topological polar surface area (TPSA) is 123 Å². The Morgan fingerprint density at radius 1 is 1.25 bits per heavy atom. The van der Waals surface area contributed by atoms with Crippen LogP contribution in [-0.4, -0.2) is 44.9 Å². The second-order valence-electron chi connectivity index (χ2n) is 4.78. The second kappa shape index (κ2) is 5.72. The van der Waals surface area contributed by atoms with Crippen LogP contribution in [-0.2, 0) is 16.0 Å². The largest absolute Gasteiger partial charge is 0.481 e. The highest BCUT2D eigenvalue weighted by atomic mass is 16.4. The van der Waals surface area contributed by atoms with Crippen LogP contribution in [0.5, 0.6) is 0 Å². The molecule has 0 saturated carbocycles. The number of aromatic amines is 2. The molecule has 1 amide bonds. The van der Waals surface area contributed by atoms with Crippen LogP contribution < -0.4 is 11.2 Å². The fourth-order valence-corrected chi connectivity index (χ4v) is 2.27. The summed E-state index contributed by atoms with van der Waals surface area (Å²) in [6.07, 6.45) is 0.775. The Kier molecular flexibility index (Phi) is 4.02. The van der Waals surface area contributed by atoms with Gasteiger partial charge in [0.05, 0.1) is 12.3 Å². The van der Waals surface area contributed by atoms with Crippen molar-refractivity contribution in [1.82, 2.24) is 14.9 Å². The average molecular weight is 281 g/mol. The maximum absolute atomic E-state index is 12.0. The molecule has 1 saturated heterocycles. The number of carbonyl (C=O) groups is 2. The van der Waals surface area contributed by atoms with Crippen molar-refractivity contribution < 1.29 is 14.7 Å². The number of nitrogens with one attached hydrogen (secondary N) is 2. The molecule has 0 spiro atoms. The molecule has 3 N–H and O–H groups in total. The molecule has 0 bridgehead atoms. The van der Waals surface area contributed by atoms with Crippen molar-refractivity contribution in [1.29, 1.82) is 0 Å². The average Bonchev–Trinajstić information content (AvgIpc) is 2.37. The molecular formula is C12H15N3O5. The van der Waals surface area contributed by atoms with Gasteiger partial charge in [-0.05, 0) is 12.8 Å². The van der Waals surface area contributed by atoms with Gasteiger partial charge in [-0.2, -0.15) is 0 Å². The van der Waals surface area contributed by atoms with Crippen LogP contribution in [0, 0.1) is 5.92 Å². The van der Waals surface area contributed by atoms with Crippen molar-refractivity contribution in [3.63, 3.8) is 0 Å². The highest BCUT2D eigenvalue weighted by molar-refractivity contribution is 5.79. The number of carboxylic acids is 1. The summed E-state index contributed by atoms with van der Waals surface area (Å²) >= 11 is 0. The molecule has 1 aromatic heterocycles. The number of nitrogens with zero attached hydrogens (tertiary/aromatic N) is 1. The molecule has 108 valence electrons. The molecule has 8 nitrogen and oxygen atoms in total. The molecule has 0 unspecified atom stereocenters. The normalized spacial score (nSPS) is 16.1. The number of carboxylic acid groups (broad SMARTS) is 1. The van der Waals surface area contributed by atoms with E-state index in [1.807, 2.05) is 4.98 Å². The van der Waals surface area contributed by atoms with E-state index in [0.717, 1.165) is 0 Å². The lowest BCUT2D eigenvalue weighted by Crippen LogP contribution is -2.41. The van der Waals surface area contributed by atoms with Crippen molar-refractivity contribution >= 4 is 11.9 Å². The van der Waals surface area contributed by atoms with Gasteiger partial charge in [-0.15, -0.1) is 0 Å². The Bertz CT molecular complexity index is 596. The van der Waals surface area contributed by atoms with Gasteiger partial charge >= 0.3 is 11.7 Å². The first-order valence-corrected chi connectivity index (χ1v) is 6.29. The Morgan fingerprint density at radius 3 is 2.45 bits per heavy atom. The Morgan fingerprint density at radius 2 is 1.90 bits per heavy atom. The molecule has 2 heterocycles. The molecular weight excluding hydrogens is 266 g/mol. The van der Waals surface area contributed by atoms with Crippen LogP contribution in [0.3, 0.4) is 0 Å². The zero-order valence-electron chi connectivity index (χ0n) is 10.7. The number of carbonyl (C=O) groups excluding carboxylic acids is 1. The Hall–Kier alpha value is -2.38. The molecule has 20 heavy (non-hydrogen) atoms. The fraction of sp³-hybridized carbons (Fsp3) is 0.500. The first-order chi connectivity index (χ1) is 9.45. The summed E-state index contributed by atoms with van der Waals surface area (Å²) in [7, 11) is 0. The van der Waals surface area contributed by atoms with Gasteiger partial charge in [0, 0.05) is 24.8 Å². The van der Waals surface area contributed by atoms with Crippen molar-refractivity contribution in [2.75, 3.05) is 13.1 Å². The lowest BCUT2D eigenvalue weighted by atomic mass is 9.97. The van der Waals surface area contributed by atoms with E-state index in [0.29, 0.717) is 25.9 Å². The maximum atomic E-state index is 12.0. The number of aliphatic carboxylic acids is 1. The second-order valence-corrected chi connectivity index (χ2v) is 4.78. The predicted molar refractivity (Wildman–Crippen MR) is 68.3 cm³/mol. The smallest absolute Gasteiger partial charge is 0.325 e. The van der Waals surface area contributed by atoms with E-state index < -0.39 is 23.1 Å². The molecule has 0 radical (unpaired) electrons. The maximum Gasteiger partial charge on any atom is 0.325 e.